The van der Waals surface area contributed by atoms with Gasteiger partial charge in [-0.25, -0.2) is 0 Å². The van der Waals surface area contributed by atoms with E-state index in [4.69, 9.17) is 9.47 Å². The molecule has 4 saturated carbocycles. The zero-order valence-corrected chi connectivity index (χ0v) is 23.6. The second-order valence-electron chi connectivity index (χ2n) is 13.9. The third kappa shape index (κ3) is 5.19. The van der Waals surface area contributed by atoms with Crippen molar-refractivity contribution >= 4 is 11.9 Å². The van der Waals surface area contributed by atoms with Crippen molar-refractivity contribution in [3.8, 4) is 0 Å². The summed E-state index contributed by atoms with van der Waals surface area (Å²) in [5.41, 5.74) is 0.634. The van der Waals surface area contributed by atoms with Crippen molar-refractivity contribution in [2.24, 2.45) is 52.3 Å². The summed E-state index contributed by atoms with van der Waals surface area (Å²) >= 11 is 0. The predicted molar refractivity (Wildman–Crippen MR) is 140 cm³/mol. The number of ether oxygens (including phenoxy) is 2. The summed E-state index contributed by atoms with van der Waals surface area (Å²) in [5, 5.41) is 0. The molecule has 0 bridgehead atoms. The van der Waals surface area contributed by atoms with Crippen LogP contribution < -0.4 is 0 Å². The molecule has 35 heavy (non-hydrogen) atoms. The van der Waals surface area contributed by atoms with Crippen molar-refractivity contribution in [2.45, 2.75) is 131 Å². The lowest BCUT2D eigenvalue weighted by atomic mass is 9.43. The van der Waals surface area contributed by atoms with Crippen LogP contribution in [-0.4, -0.2) is 24.1 Å². The number of esters is 2. The van der Waals surface area contributed by atoms with Crippen LogP contribution in [0.15, 0.2) is 0 Å². The number of hydrogen-bond donors (Lipinski definition) is 0. The molecule has 0 aromatic rings. The van der Waals surface area contributed by atoms with Crippen LogP contribution in [0.25, 0.3) is 0 Å². The van der Waals surface area contributed by atoms with Gasteiger partial charge in [-0.05, 0) is 97.7 Å². The molecule has 0 spiro atoms. The van der Waals surface area contributed by atoms with Crippen LogP contribution in [0.2, 0.25) is 0 Å². The van der Waals surface area contributed by atoms with E-state index in [0.29, 0.717) is 29.1 Å². The SMILES string of the molecule is CC(=O)OC1C[C@H]2C[C@@H](OC(C)=O)CC[C@]2(C)C2CC[C@@]3(C)C(CC[C@@H]3C(C)CCCC(C)C)C12. The van der Waals surface area contributed by atoms with Gasteiger partial charge in [0, 0.05) is 19.8 Å². The van der Waals surface area contributed by atoms with E-state index < -0.39 is 0 Å². The summed E-state index contributed by atoms with van der Waals surface area (Å²) in [6.45, 7) is 15.4. The van der Waals surface area contributed by atoms with Gasteiger partial charge in [-0.3, -0.25) is 9.59 Å². The first-order chi connectivity index (χ1) is 16.5. The van der Waals surface area contributed by atoms with Gasteiger partial charge in [0.25, 0.3) is 0 Å². The Morgan fingerprint density at radius 3 is 2.14 bits per heavy atom. The van der Waals surface area contributed by atoms with Crippen LogP contribution >= 0.6 is 0 Å². The molecule has 0 N–H and O–H groups in total. The van der Waals surface area contributed by atoms with Crippen molar-refractivity contribution in [3.63, 3.8) is 0 Å². The fraction of sp³-hybridized carbons (Fsp3) is 0.935. The molecular formula is C31H52O4. The van der Waals surface area contributed by atoms with Gasteiger partial charge in [0.1, 0.15) is 12.2 Å². The van der Waals surface area contributed by atoms with E-state index in [1.165, 1.54) is 51.9 Å². The minimum atomic E-state index is -0.170. The molecule has 4 nitrogen and oxygen atoms in total. The number of fused-ring (bicyclic) bond motifs is 5. The van der Waals surface area contributed by atoms with Crippen LogP contribution in [0.4, 0.5) is 0 Å². The van der Waals surface area contributed by atoms with E-state index in [1.54, 1.807) is 6.92 Å². The molecule has 0 aromatic carbocycles. The van der Waals surface area contributed by atoms with Gasteiger partial charge in [0.2, 0.25) is 0 Å². The Morgan fingerprint density at radius 1 is 0.829 bits per heavy atom. The summed E-state index contributed by atoms with van der Waals surface area (Å²) < 4.78 is 11.8. The average Bonchev–Trinajstić information content (AvgIpc) is 3.10. The molecule has 4 rings (SSSR count). The Morgan fingerprint density at radius 2 is 1.49 bits per heavy atom. The first-order valence-corrected chi connectivity index (χ1v) is 14.8. The van der Waals surface area contributed by atoms with Gasteiger partial charge in [-0.15, -0.1) is 0 Å². The minimum absolute atomic E-state index is 0.0197. The highest BCUT2D eigenvalue weighted by molar-refractivity contribution is 5.66. The highest BCUT2D eigenvalue weighted by Gasteiger charge is 2.63. The largest absolute Gasteiger partial charge is 0.463 e. The van der Waals surface area contributed by atoms with E-state index in [2.05, 4.69) is 34.6 Å². The highest BCUT2D eigenvalue weighted by atomic mass is 16.5. The van der Waals surface area contributed by atoms with Crippen LogP contribution in [-0.2, 0) is 19.1 Å². The van der Waals surface area contributed by atoms with Crippen molar-refractivity contribution in [1.29, 1.82) is 0 Å². The Kier molecular flexibility index (Phi) is 7.99. The van der Waals surface area contributed by atoms with E-state index in [0.717, 1.165) is 43.4 Å². The zero-order valence-electron chi connectivity index (χ0n) is 23.6. The number of hydrogen-bond acceptors (Lipinski definition) is 4. The lowest BCUT2D eigenvalue weighted by Crippen LogP contribution is -2.59. The Labute approximate surface area is 214 Å². The fourth-order valence-electron chi connectivity index (χ4n) is 9.86. The first-order valence-electron chi connectivity index (χ1n) is 14.8. The second kappa shape index (κ2) is 10.4. The summed E-state index contributed by atoms with van der Waals surface area (Å²) in [5.74, 6) is 4.28. The van der Waals surface area contributed by atoms with E-state index >= 15 is 0 Å². The summed E-state index contributed by atoms with van der Waals surface area (Å²) in [6, 6.07) is 0. The predicted octanol–water partition coefficient (Wildman–Crippen LogP) is 7.58. The van der Waals surface area contributed by atoms with Gasteiger partial charge in [-0.1, -0.05) is 53.9 Å². The van der Waals surface area contributed by atoms with Gasteiger partial charge in [0.05, 0.1) is 0 Å². The average molecular weight is 489 g/mol. The van der Waals surface area contributed by atoms with Crippen molar-refractivity contribution in [3.05, 3.63) is 0 Å². The van der Waals surface area contributed by atoms with Gasteiger partial charge in [0.15, 0.2) is 0 Å². The van der Waals surface area contributed by atoms with Crippen LogP contribution in [0.3, 0.4) is 0 Å². The lowest BCUT2D eigenvalue weighted by Gasteiger charge is -2.62. The van der Waals surface area contributed by atoms with E-state index in [1.807, 2.05) is 0 Å². The van der Waals surface area contributed by atoms with Gasteiger partial charge in [-0.2, -0.15) is 0 Å². The van der Waals surface area contributed by atoms with Crippen LogP contribution in [0, 0.1) is 52.3 Å². The third-order valence-electron chi connectivity index (χ3n) is 11.5. The molecule has 200 valence electrons. The second-order valence-corrected chi connectivity index (χ2v) is 13.9. The highest BCUT2D eigenvalue weighted by Crippen LogP contribution is 2.68. The van der Waals surface area contributed by atoms with Crippen molar-refractivity contribution in [2.75, 3.05) is 0 Å². The third-order valence-corrected chi connectivity index (χ3v) is 11.5. The van der Waals surface area contributed by atoms with Crippen LogP contribution in [0.5, 0.6) is 0 Å². The smallest absolute Gasteiger partial charge is 0.302 e. The maximum Gasteiger partial charge on any atom is 0.302 e. The molecule has 10 atom stereocenters. The Bertz CT molecular complexity index is 776. The Hall–Kier alpha value is -1.06. The molecule has 0 heterocycles. The molecular weight excluding hydrogens is 436 g/mol. The summed E-state index contributed by atoms with van der Waals surface area (Å²) in [4.78, 5) is 23.9. The maximum absolute atomic E-state index is 12.3. The topological polar surface area (TPSA) is 52.6 Å². The molecule has 0 saturated heterocycles. The van der Waals surface area contributed by atoms with Crippen molar-refractivity contribution in [1.82, 2.24) is 0 Å². The summed E-state index contributed by atoms with van der Waals surface area (Å²) in [6.07, 6.45) is 13.3. The first kappa shape index (κ1) is 27.0. The number of carbonyl (C=O) groups excluding carboxylic acids is 2. The zero-order chi connectivity index (χ0) is 25.5. The summed E-state index contributed by atoms with van der Waals surface area (Å²) in [7, 11) is 0. The molecule has 0 amide bonds. The van der Waals surface area contributed by atoms with Crippen molar-refractivity contribution < 1.29 is 19.1 Å². The molecule has 4 fully saturated rings. The molecule has 0 aliphatic heterocycles. The molecule has 0 radical (unpaired) electrons. The monoisotopic (exact) mass is 488 g/mol. The normalized spacial score (nSPS) is 43.6. The molecule has 4 heteroatoms. The van der Waals surface area contributed by atoms with Crippen LogP contribution in [0.1, 0.15) is 119 Å². The fourth-order valence-corrected chi connectivity index (χ4v) is 9.86. The Balaban J connectivity index is 1.56. The number of carbonyl (C=O) groups is 2. The molecule has 5 unspecified atom stereocenters. The molecule has 4 aliphatic carbocycles. The quantitative estimate of drug-likeness (QED) is 0.347. The minimum Gasteiger partial charge on any atom is -0.463 e. The van der Waals surface area contributed by atoms with Gasteiger partial charge >= 0.3 is 11.9 Å². The van der Waals surface area contributed by atoms with E-state index in [9.17, 15) is 9.59 Å². The number of rotatable bonds is 7. The standard InChI is InChI=1S/C31H52O4/c1-19(2)9-8-10-20(3)25-11-12-26-29-27(14-16-31(25,26)7)30(6)15-13-24(34-21(4)32)17-23(30)18-28(29)35-22(5)33/h19-20,23-29H,8-18H2,1-7H3/t20?,23-,24+,25-,26?,27?,28?,29?,30+,31-/m1/s1. The van der Waals surface area contributed by atoms with E-state index in [-0.39, 0.29) is 29.6 Å². The van der Waals surface area contributed by atoms with Gasteiger partial charge < -0.3 is 9.47 Å². The molecule has 4 aliphatic rings. The molecule has 0 aromatic heterocycles. The maximum atomic E-state index is 12.3. The lowest BCUT2D eigenvalue weighted by molar-refractivity contribution is -0.197.